The quantitative estimate of drug-likeness (QED) is 0.311. The summed E-state index contributed by atoms with van der Waals surface area (Å²) >= 11 is 0. The fourth-order valence-electron chi connectivity index (χ4n) is 5.49. The molecule has 0 aromatic heterocycles. The second-order valence-electron chi connectivity index (χ2n) is 12.6. The number of cyclic esters (lactones) is 1. The molecule has 0 unspecified atom stereocenters. The summed E-state index contributed by atoms with van der Waals surface area (Å²) in [5.41, 5.74) is 1.02. The molecule has 8 nitrogen and oxygen atoms in total. The molecular formula is C34H61NO7. The summed E-state index contributed by atoms with van der Waals surface area (Å²) in [6.07, 6.45) is 14.3. The standard InChI is InChI=1S/C34H61NO7/c1-6-14-32-33(39)35-23-29(36)22-31(38)30(37)20-19-28(24-41-5)18-13-17-25(2)15-11-9-7-8-10-12-16-26(3)21-27(4)34(40)42-32/h13,17-18,25-27,29-32,36-38H,6-12,14-16,19-24H2,1-5H3,(H,35,39)/b17-13+,28-18-/t25-,26+,27+,29+,30-,31+,32+/m1/s1. The van der Waals surface area contributed by atoms with Crippen molar-refractivity contribution in [1.82, 2.24) is 5.32 Å². The van der Waals surface area contributed by atoms with Crippen LogP contribution in [0.15, 0.2) is 23.8 Å². The van der Waals surface area contributed by atoms with E-state index < -0.39 is 30.3 Å². The van der Waals surface area contributed by atoms with Crippen molar-refractivity contribution < 1.29 is 34.4 Å². The molecule has 1 heterocycles. The summed E-state index contributed by atoms with van der Waals surface area (Å²) in [7, 11) is 1.63. The van der Waals surface area contributed by atoms with Gasteiger partial charge in [0.15, 0.2) is 6.10 Å². The number of hydrogen-bond donors (Lipinski definition) is 4. The Kier molecular flexibility index (Phi) is 20.7. The normalized spacial score (nSPS) is 33.7. The van der Waals surface area contributed by atoms with Crippen LogP contribution in [-0.4, -0.2) is 71.9 Å². The summed E-state index contributed by atoms with van der Waals surface area (Å²) in [5, 5.41) is 34.1. The van der Waals surface area contributed by atoms with Crippen molar-refractivity contribution in [2.75, 3.05) is 20.3 Å². The van der Waals surface area contributed by atoms with Crippen LogP contribution < -0.4 is 5.32 Å². The fourth-order valence-corrected chi connectivity index (χ4v) is 5.49. The van der Waals surface area contributed by atoms with Gasteiger partial charge in [-0.15, -0.1) is 0 Å². The number of amides is 1. The third-order valence-electron chi connectivity index (χ3n) is 8.20. The van der Waals surface area contributed by atoms with Gasteiger partial charge in [0.05, 0.1) is 30.8 Å². The van der Waals surface area contributed by atoms with Crippen molar-refractivity contribution in [2.24, 2.45) is 17.8 Å². The van der Waals surface area contributed by atoms with E-state index in [0.717, 1.165) is 31.3 Å². The topological polar surface area (TPSA) is 125 Å². The Morgan fingerprint density at radius 2 is 1.60 bits per heavy atom. The van der Waals surface area contributed by atoms with E-state index in [1.165, 1.54) is 32.1 Å². The summed E-state index contributed by atoms with van der Waals surface area (Å²) in [6, 6.07) is 0. The zero-order valence-electron chi connectivity index (χ0n) is 27.1. The number of allylic oxidation sites excluding steroid dienone is 3. The van der Waals surface area contributed by atoms with Crippen LogP contribution in [0.25, 0.3) is 0 Å². The molecule has 0 aliphatic carbocycles. The smallest absolute Gasteiger partial charge is 0.309 e. The molecule has 0 spiro atoms. The number of methoxy groups -OCH3 is 1. The van der Waals surface area contributed by atoms with Gasteiger partial charge < -0.3 is 30.1 Å². The highest BCUT2D eigenvalue weighted by molar-refractivity contribution is 5.84. The Morgan fingerprint density at radius 1 is 0.929 bits per heavy atom. The van der Waals surface area contributed by atoms with E-state index in [1.807, 2.05) is 19.9 Å². The van der Waals surface area contributed by atoms with Crippen LogP contribution in [0, 0.1) is 17.8 Å². The zero-order chi connectivity index (χ0) is 31.3. The summed E-state index contributed by atoms with van der Waals surface area (Å²) in [5.74, 6) is -0.228. The molecule has 0 aromatic carbocycles. The number of nitrogens with one attached hydrogen (secondary N) is 1. The second kappa shape index (κ2) is 22.8. The molecule has 8 heteroatoms. The Hall–Kier alpha value is -1.74. The van der Waals surface area contributed by atoms with E-state index in [1.54, 1.807) is 7.11 Å². The van der Waals surface area contributed by atoms with Crippen molar-refractivity contribution in [3.63, 3.8) is 0 Å². The third-order valence-corrected chi connectivity index (χ3v) is 8.20. The molecule has 0 bridgehead atoms. The first-order valence-electron chi connectivity index (χ1n) is 16.4. The van der Waals surface area contributed by atoms with E-state index >= 15 is 0 Å². The molecule has 7 atom stereocenters. The Morgan fingerprint density at radius 3 is 2.26 bits per heavy atom. The number of esters is 1. The first kappa shape index (κ1) is 38.3. The van der Waals surface area contributed by atoms with Gasteiger partial charge in [-0.3, -0.25) is 9.59 Å². The SMILES string of the molecule is CCC[C@@H]1OC(=O)[C@@H](C)C[C@@H](C)CCCCCCCC[C@@H](C)/C=C/C=C(\COC)CC[C@@H](O)[C@@H](O)C[C@H](O)CNC1=O. The average Bonchev–Trinajstić information content (AvgIpc) is 2.94. The molecule has 0 aromatic rings. The zero-order valence-corrected chi connectivity index (χ0v) is 27.1. The Labute approximate surface area is 255 Å². The van der Waals surface area contributed by atoms with Crippen molar-refractivity contribution in [3.05, 3.63) is 23.8 Å². The molecule has 4 N–H and O–H groups in total. The molecule has 1 aliphatic rings. The first-order valence-corrected chi connectivity index (χ1v) is 16.4. The lowest BCUT2D eigenvalue weighted by Crippen LogP contribution is -2.43. The summed E-state index contributed by atoms with van der Waals surface area (Å²) in [6.45, 7) is 8.52. The van der Waals surface area contributed by atoms with Gasteiger partial charge in [-0.2, -0.15) is 0 Å². The highest BCUT2D eigenvalue weighted by Crippen LogP contribution is 2.22. The fraction of sp³-hybridized carbons (Fsp3) is 0.824. The van der Waals surface area contributed by atoms with Crippen molar-refractivity contribution >= 4 is 11.9 Å². The minimum atomic E-state index is -1.14. The molecule has 42 heavy (non-hydrogen) atoms. The second-order valence-corrected chi connectivity index (χ2v) is 12.6. The molecule has 1 rings (SSSR count). The minimum Gasteiger partial charge on any atom is -0.452 e. The van der Waals surface area contributed by atoms with E-state index in [9.17, 15) is 24.9 Å². The lowest BCUT2D eigenvalue weighted by atomic mass is 9.92. The van der Waals surface area contributed by atoms with Crippen molar-refractivity contribution in [3.8, 4) is 0 Å². The molecule has 0 saturated carbocycles. The van der Waals surface area contributed by atoms with Crippen LogP contribution >= 0.6 is 0 Å². The average molecular weight is 596 g/mol. The lowest BCUT2D eigenvalue weighted by Gasteiger charge is -2.23. The van der Waals surface area contributed by atoms with Gasteiger partial charge in [-0.05, 0) is 49.5 Å². The van der Waals surface area contributed by atoms with E-state index in [4.69, 9.17) is 9.47 Å². The number of hydrogen-bond acceptors (Lipinski definition) is 7. The van der Waals surface area contributed by atoms with Crippen molar-refractivity contribution in [2.45, 2.75) is 142 Å². The molecule has 0 fully saturated rings. The number of rotatable bonds is 4. The monoisotopic (exact) mass is 595 g/mol. The Balaban J connectivity index is 2.86. The van der Waals surface area contributed by atoms with Gasteiger partial charge in [-0.1, -0.05) is 97.3 Å². The minimum absolute atomic E-state index is 0.0880. The maximum absolute atomic E-state index is 12.8. The molecule has 0 saturated heterocycles. The van der Waals surface area contributed by atoms with Crippen LogP contribution in [0.4, 0.5) is 0 Å². The van der Waals surface area contributed by atoms with Gasteiger partial charge >= 0.3 is 5.97 Å². The van der Waals surface area contributed by atoms with E-state index in [2.05, 4.69) is 31.3 Å². The van der Waals surface area contributed by atoms with E-state index in [0.29, 0.717) is 44.1 Å². The van der Waals surface area contributed by atoms with E-state index in [-0.39, 0.29) is 24.9 Å². The van der Waals surface area contributed by atoms with Crippen molar-refractivity contribution in [1.29, 1.82) is 0 Å². The van der Waals surface area contributed by atoms with Crippen LogP contribution in [0.1, 0.15) is 118 Å². The first-order chi connectivity index (χ1) is 20.1. The third kappa shape index (κ3) is 17.4. The van der Waals surface area contributed by atoms with Gasteiger partial charge in [0.1, 0.15) is 0 Å². The van der Waals surface area contributed by atoms with Crippen LogP contribution in [-0.2, 0) is 19.1 Å². The van der Waals surface area contributed by atoms with Gasteiger partial charge in [-0.25, -0.2) is 0 Å². The maximum atomic E-state index is 12.8. The largest absolute Gasteiger partial charge is 0.452 e. The predicted octanol–water partition coefficient (Wildman–Crippen LogP) is 5.63. The van der Waals surface area contributed by atoms with Crippen LogP contribution in [0.3, 0.4) is 0 Å². The lowest BCUT2D eigenvalue weighted by molar-refractivity contribution is -0.160. The number of aliphatic hydroxyl groups excluding tert-OH is 3. The molecule has 244 valence electrons. The van der Waals surface area contributed by atoms with Crippen LogP contribution in [0.5, 0.6) is 0 Å². The summed E-state index contributed by atoms with van der Waals surface area (Å²) < 4.78 is 10.9. The number of aliphatic hydroxyl groups is 3. The maximum Gasteiger partial charge on any atom is 0.309 e. The molecule has 0 radical (unpaired) electrons. The number of ether oxygens (including phenoxy) is 2. The number of β-amino-alcohol motifs (C(OH)–C–C–N with tert-alkyl or cyclic N) is 1. The molecular weight excluding hydrogens is 534 g/mol. The van der Waals surface area contributed by atoms with Gasteiger partial charge in [0, 0.05) is 20.1 Å². The molecule has 1 aliphatic heterocycles. The van der Waals surface area contributed by atoms with Gasteiger partial charge in [0.2, 0.25) is 0 Å². The summed E-state index contributed by atoms with van der Waals surface area (Å²) in [4.78, 5) is 25.6. The molecule has 1 amide bonds. The van der Waals surface area contributed by atoms with Crippen LogP contribution in [0.2, 0.25) is 0 Å². The number of carbonyl (C=O) groups is 2. The Bertz CT molecular complexity index is 799. The number of carbonyl (C=O) groups excluding carboxylic acids is 2. The highest BCUT2D eigenvalue weighted by atomic mass is 16.5. The van der Waals surface area contributed by atoms with Gasteiger partial charge in [0.25, 0.3) is 5.91 Å². The highest BCUT2D eigenvalue weighted by Gasteiger charge is 2.27. The predicted molar refractivity (Wildman–Crippen MR) is 168 cm³/mol.